The minimum absolute atomic E-state index is 0.0384. The summed E-state index contributed by atoms with van der Waals surface area (Å²) in [5.74, 6) is 0.338. The Labute approximate surface area is 143 Å². The average Bonchev–Trinajstić information content (AvgIpc) is 2.60. The van der Waals surface area contributed by atoms with Crippen LogP contribution in [0, 0.1) is 5.92 Å². The van der Waals surface area contributed by atoms with Gasteiger partial charge in [-0.2, -0.15) is 0 Å². The number of benzene rings is 1. The van der Waals surface area contributed by atoms with E-state index in [-0.39, 0.29) is 29.8 Å². The molecule has 24 heavy (non-hydrogen) atoms. The number of carbonyl (C=O) groups excluding carboxylic acids is 2. The first kappa shape index (κ1) is 17.0. The van der Waals surface area contributed by atoms with Gasteiger partial charge >= 0.3 is 0 Å². The Morgan fingerprint density at radius 3 is 2.50 bits per heavy atom. The molecule has 1 fully saturated rings. The fourth-order valence-electron chi connectivity index (χ4n) is 3.61. The molecule has 0 radical (unpaired) electrons. The molecule has 2 N–H and O–H groups in total. The summed E-state index contributed by atoms with van der Waals surface area (Å²) in [6, 6.07) is 8.32. The molecule has 1 aromatic carbocycles. The first-order valence-corrected chi connectivity index (χ1v) is 8.94. The number of hydrogen-bond acceptors (Lipinski definition) is 3. The topological polar surface area (TPSA) is 61.4 Å². The maximum atomic E-state index is 12.8. The number of nitrogens with zero attached hydrogens (tertiary/aromatic N) is 1. The van der Waals surface area contributed by atoms with Crippen LogP contribution in [0.25, 0.3) is 0 Å². The first-order valence-electron chi connectivity index (χ1n) is 8.94. The SMILES string of the molecule is CC(C)NC(=O)C1CCN(C(=O)[C@@H]2Cc3ccccc3CN2)CC1. The Hall–Kier alpha value is -1.88. The highest BCUT2D eigenvalue weighted by atomic mass is 16.2. The zero-order valence-electron chi connectivity index (χ0n) is 14.5. The molecule has 1 aromatic rings. The largest absolute Gasteiger partial charge is 0.354 e. The van der Waals surface area contributed by atoms with Gasteiger partial charge in [0.1, 0.15) is 0 Å². The second-order valence-corrected chi connectivity index (χ2v) is 7.17. The Balaban J connectivity index is 1.54. The third-order valence-electron chi connectivity index (χ3n) is 4.99. The van der Waals surface area contributed by atoms with E-state index in [0.29, 0.717) is 13.1 Å². The van der Waals surface area contributed by atoms with E-state index in [1.54, 1.807) is 0 Å². The summed E-state index contributed by atoms with van der Waals surface area (Å²) >= 11 is 0. The fourth-order valence-corrected chi connectivity index (χ4v) is 3.61. The molecule has 1 atom stereocenters. The van der Waals surface area contributed by atoms with Crippen molar-refractivity contribution in [3.05, 3.63) is 35.4 Å². The lowest BCUT2D eigenvalue weighted by molar-refractivity contribution is -0.137. The van der Waals surface area contributed by atoms with E-state index in [1.807, 2.05) is 30.9 Å². The van der Waals surface area contributed by atoms with Gasteiger partial charge in [-0.05, 0) is 44.2 Å². The molecule has 1 saturated heterocycles. The molecule has 0 bridgehead atoms. The predicted molar refractivity (Wildman–Crippen MR) is 93.4 cm³/mol. The van der Waals surface area contributed by atoms with Crippen LogP contribution in [-0.4, -0.2) is 41.9 Å². The average molecular weight is 329 g/mol. The Morgan fingerprint density at radius 2 is 1.83 bits per heavy atom. The van der Waals surface area contributed by atoms with Crippen molar-refractivity contribution in [2.75, 3.05) is 13.1 Å². The van der Waals surface area contributed by atoms with Gasteiger partial charge in [0.25, 0.3) is 0 Å². The molecule has 2 aliphatic heterocycles. The van der Waals surface area contributed by atoms with Gasteiger partial charge in [-0.25, -0.2) is 0 Å². The summed E-state index contributed by atoms with van der Waals surface area (Å²) < 4.78 is 0. The summed E-state index contributed by atoms with van der Waals surface area (Å²) in [5.41, 5.74) is 2.55. The van der Waals surface area contributed by atoms with Gasteiger partial charge in [0.15, 0.2) is 0 Å². The van der Waals surface area contributed by atoms with Crippen LogP contribution in [0.1, 0.15) is 37.8 Å². The maximum Gasteiger partial charge on any atom is 0.240 e. The Bertz CT molecular complexity index is 606. The normalized spacial score (nSPS) is 21.5. The molecule has 3 rings (SSSR count). The molecule has 130 valence electrons. The molecule has 5 nitrogen and oxygen atoms in total. The van der Waals surface area contributed by atoms with Crippen LogP contribution in [0.5, 0.6) is 0 Å². The predicted octanol–water partition coefficient (Wildman–Crippen LogP) is 1.46. The summed E-state index contributed by atoms with van der Waals surface area (Å²) in [7, 11) is 0. The monoisotopic (exact) mass is 329 g/mol. The van der Waals surface area contributed by atoms with E-state index in [4.69, 9.17) is 0 Å². The molecule has 2 amide bonds. The van der Waals surface area contributed by atoms with Crippen LogP contribution < -0.4 is 10.6 Å². The van der Waals surface area contributed by atoms with Crippen molar-refractivity contribution < 1.29 is 9.59 Å². The van der Waals surface area contributed by atoms with Gasteiger partial charge in [-0.1, -0.05) is 24.3 Å². The Kier molecular flexibility index (Phi) is 5.19. The number of rotatable bonds is 3. The number of hydrogen-bond donors (Lipinski definition) is 2. The van der Waals surface area contributed by atoms with Crippen molar-refractivity contribution in [3.8, 4) is 0 Å². The van der Waals surface area contributed by atoms with Crippen LogP contribution >= 0.6 is 0 Å². The molecule has 0 unspecified atom stereocenters. The highest BCUT2D eigenvalue weighted by Crippen LogP contribution is 2.21. The lowest BCUT2D eigenvalue weighted by Crippen LogP contribution is -2.52. The summed E-state index contributed by atoms with van der Waals surface area (Å²) in [4.78, 5) is 26.8. The zero-order valence-corrected chi connectivity index (χ0v) is 14.5. The second-order valence-electron chi connectivity index (χ2n) is 7.17. The zero-order chi connectivity index (χ0) is 17.1. The van der Waals surface area contributed by atoms with Gasteiger partial charge in [0, 0.05) is 31.6 Å². The molecular formula is C19H27N3O2. The highest BCUT2D eigenvalue weighted by molar-refractivity contribution is 5.83. The number of carbonyl (C=O) groups is 2. The van der Waals surface area contributed by atoms with Gasteiger partial charge in [-0.3, -0.25) is 9.59 Å². The van der Waals surface area contributed by atoms with E-state index in [0.717, 1.165) is 25.8 Å². The molecule has 5 heteroatoms. The molecule has 2 aliphatic rings. The Morgan fingerprint density at radius 1 is 1.17 bits per heavy atom. The van der Waals surface area contributed by atoms with Crippen molar-refractivity contribution >= 4 is 11.8 Å². The molecule has 2 heterocycles. The number of likely N-dealkylation sites (tertiary alicyclic amines) is 1. The minimum atomic E-state index is -0.138. The molecule has 0 aromatic heterocycles. The van der Waals surface area contributed by atoms with Crippen LogP contribution in [-0.2, 0) is 22.6 Å². The number of piperidine rings is 1. The molecule has 0 spiro atoms. The van der Waals surface area contributed by atoms with E-state index >= 15 is 0 Å². The van der Waals surface area contributed by atoms with E-state index in [9.17, 15) is 9.59 Å². The van der Waals surface area contributed by atoms with E-state index < -0.39 is 0 Å². The number of nitrogens with one attached hydrogen (secondary N) is 2. The smallest absolute Gasteiger partial charge is 0.240 e. The summed E-state index contributed by atoms with van der Waals surface area (Å²) in [5, 5.41) is 6.34. The summed E-state index contributed by atoms with van der Waals surface area (Å²) in [6.07, 6.45) is 2.27. The molecule has 0 saturated carbocycles. The first-order chi connectivity index (χ1) is 11.5. The number of amides is 2. The van der Waals surface area contributed by atoms with Crippen molar-refractivity contribution in [3.63, 3.8) is 0 Å². The standard InChI is InChI=1S/C19H27N3O2/c1-13(2)21-18(23)14-7-9-22(10-8-14)19(24)17-11-15-5-3-4-6-16(15)12-20-17/h3-6,13-14,17,20H,7-12H2,1-2H3,(H,21,23)/t17-/m0/s1. The van der Waals surface area contributed by atoms with E-state index in [2.05, 4.69) is 22.8 Å². The van der Waals surface area contributed by atoms with Crippen LogP contribution in [0.3, 0.4) is 0 Å². The summed E-state index contributed by atoms with van der Waals surface area (Å²) in [6.45, 7) is 6.05. The second kappa shape index (κ2) is 7.34. The minimum Gasteiger partial charge on any atom is -0.354 e. The quantitative estimate of drug-likeness (QED) is 0.883. The van der Waals surface area contributed by atoms with Crippen LogP contribution in [0.15, 0.2) is 24.3 Å². The highest BCUT2D eigenvalue weighted by Gasteiger charge is 2.32. The molecular weight excluding hydrogens is 302 g/mol. The van der Waals surface area contributed by atoms with Crippen molar-refractivity contribution in [1.29, 1.82) is 0 Å². The third kappa shape index (κ3) is 3.78. The van der Waals surface area contributed by atoms with Gasteiger partial charge in [-0.15, -0.1) is 0 Å². The van der Waals surface area contributed by atoms with Gasteiger partial charge in [0.05, 0.1) is 6.04 Å². The van der Waals surface area contributed by atoms with Gasteiger partial charge in [0.2, 0.25) is 11.8 Å². The van der Waals surface area contributed by atoms with Crippen molar-refractivity contribution in [2.24, 2.45) is 5.92 Å². The lowest BCUT2D eigenvalue weighted by atomic mass is 9.92. The van der Waals surface area contributed by atoms with Gasteiger partial charge < -0.3 is 15.5 Å². The van der Waals surface area contributed by atoms with Crippen molar-refractivity contribution in [1.82, 2.24) is 15.5 Å². The van der Waals surface area contributed by atoms with Crippen molar-refractivity contribution in [2.45, 2.75) is 51.7 Å². The molecule has 0 aliphatic carbocycles. The van der Waals surface area contributed by atoms with Crippen LogP contribution in [0.4, 0.5) is 0 Å². The third-order valence-corrected chi connectivity index (χ3v) is 4.99. The van der Waals surface area contributed by atoms with Crippen LogP contribution in [0.2, 0.25) is 0 Å². The lowest BCUT2D eigenvalue weighted by Gasteiger charge is -2.35. The van der Waals surface area contributed by atoms with E-state index in [1.165, 1.54) is 11.1 Å². The fraction of sp³-hybridized carbons (Fsp3) is 0.579. The maximum absolute atomic E-state index is 12.8. The number of fused-ring (bicyclic) bond motifs is 1.